The monoisotopic (exact) mass is 191 g/mol. The molecule has 0 amide bonds. The minimum Gasteiger partial charge on any atom is -0.726 e. The minimum absolute atomic E-state index is 0. The molecule has 0 heterocycles. The van der Waals surface area contributed by atoms with Gasteiger partial charge in [-0.1, -0.05) is 0 Å². The van der Waals surface area contributed by atoms with Crippen molar-refractivity contribution in [3.05, 3.63) is 0 Å². The molecule has 0 aromatic carbocycles. The first kappa shape index (κ1) is 14.4. The van der Waals surface area contributed by atoms with Crippen molar-refractivity contribution < 1.29 is 46.7 Å². The van der Waals surface area contributed by atoms with Gasteiger partial charge in [0, 0.05) is 6.54 Å². The van der Waals surface area contributed by atoms with Gasteiger partial charge in [-0.2, -0.15) is 0 Å². The largest absolute Gasteiger partial charge is 1.00 e. The first-order valence-electron chi connectivity index (χ1n) is 2.67. The standard InChI is InChI=1S/C4H11NO4S.Na/c1-5(2)3-4-9-10(6,7)8;/h3-4H2,1-2H3,(H,6,7,8);/q;+1/p-1. The van der Waals surface area contributed by atoms with E-state index in [1.807, 2.05) is 0 Å². The molecule has 0 aromatic heterocycles. The van der Waals surface area contributed by atoms with Gasteiger partial charge in [-0.3, -0.25) is 4.18 Å². The summed E-state index contributed by atoms with van der Waals surface area (Å²) in [7, 11) is -0.995. The van der Waals surface area contributed by atoms with Crippen molar-refractivity contribution in [3.63, 3.8) is 0 Å². The summed E-state index contributed by atoms with van der Waals surface area (Å²) in [5.41, 5.74) is 0. The van der Waals surface area contributed by atoms with Crippen molar-refractivity contribution in [1.82, 2.24) is 4.90 Å². The molecule has 0 unspecified atom stereocenters. The molecule has 11 heavy (non-hydrogen) atoms. The Kier molecular flexibility index (Phi) is 8.30. The normalized spacial score (nSPS) is 11.3. The van der Waals surface area contributed by atoms with Crippen LogP contribution in [0.3, 0.4) is 0 Å². The maximum absolute atomic E-state index is 9.82. The van der Waals surface area contributed by atoms with E-state index in [4.69, 9.17) is 0 Å². The van der Waals surface area contributed by atoms with Crippen LogP contribution >= 0.6 is 0 Å². The summed E-state index contributed by atoms with van der Waals surface area (Å²) in [6.45, 7) is 0.334. The summed E-state index contributed by atoms with van der Waals surface area (Å²) in [4.78, 5) is 1.71. The van der Waals surface area contributed by atoms with E-state index in [0.29, 0.717) is 6.54 Å². The molecule has 0 saturated carbocycles. The molecular weight excluding hydrogens is 181 g/mol. The third-order valence-electron chi connectivity index (χ3n) is 0.766. The van der Waals surface area contributed by atoms with Crippen molar-refractivity contribution in [2.75, 3.05) is 27.2 Å². The molecule has 0 aromatic rings. The molecule has 0 aliphatic rings. The van der Waals surface area contributed by atoms with Crippen LogP contribution in [0.25, 0.3) is 0 Å². The predicted molar refractivity (Wildman–Crippen MR) is 34.2 cm³/mol. The van der Waals surface area contributed by atoms with Gasteiger partial charge in [0.25, 0.3) is 0 Å². The molecule has 5 nitrogen and oxygen atoms in total. The molecule has 0 saturated heterocycles. The zero-order valence-corrected chi connectivity index (χ0v) is 9.72. The number of nitrogens with zero attached hydrogens (tertiary/aromatic N) is 1. The van der Waals surface area contributed by atoms with E-state index in [0.717, 1.165) is 0 Å². The first-order valence-corrected chi connectivity index (χ1v) is 4.00. The van der Waals surface area contributed by atoms with Gasteiger partial charge in [0.15, 0.2) is 0 Å². The third-order valence-corrected chi connectivity index (χ3v) is 1.22. The third kappa shape index (κ3) is 13.8. The quantitative estimate of drug-likeness (QED) is 0.257. The molecular formula is C4H10NNaO4S. The van der Waals surface area contributed by atoms with Gasteiger partial charge in [0.05, 0.1) is 6.61 Å². The van der Waals surface area contributed by atoms with Gasteiger partial charge in [-0.25, -0.2) is 8.42 Å². The second-order valence-electron chi connectivity index (χ2n) is 2.03. The fourth-order valence-electron chi connectivity index (χ4n) is 0.322. The van der Waals surface area contributed by atoms with Crippen LogP contribution in [0.4, 0.5) is 0 Å². The summed E-state index contributed by atoms with van der Waals surface area (Å²) in [6, 6.07) is 0. The molecule has 7 heteroatoms. The zero-order chi connectivity index (χ0) is 8.20. The van der Waals surface area contributed by atoms with Gasteiger partial charge >= 0.3 is 29.6 Å². The maximum atomic E-state index is 9.82. The van der Waals surface area contributed by atoms with Crippen LogP contribution in [0.1, 0.15) is 0 Å². The van der Waals surface area contributed by atoms with Crippen LogP contribution in [0.5, 0.6) is 0 Å². The van der Waals surface area contributed by atoms with E-state index >= 15 is 0 Å². The first-order chi connectivity index (χ1) is 4.42. The second-order valence-corrected chi connectivity index (χ2v) is 3.09. The molecule has 0 spiro atoms. The Balaban J connectivity index is 0. The van der Waals surface area contributed by atoms with Crippen molar-refractivity contribution in [2.45, 2.75) is 0 Å². The van der Waals surface area contributed by atoms with Crippen LogP contribution in [-0.2, 0) is 14.6 Å². The maximum Gasteiger partial charge on any atom is 1.00 e. The number of likely N-dealkylation sites (N-methyl/N-ethyl adjacent to an activating group) is 1. The average molecular weight is 191 g/mol. The second kappa shape index (κ2) is 6.36. The van der Waals surface area contributed by atoms with E-state index in [9.17, 15) is 13.0 Å². The van der Waals surface area contributed by atoms with Crippen LogP contribution in [-0.4, -0.2) is 45.1 Å². The van der Waals surface area contributed by atoms with Gasteiger partial charge in [-0.05, 0) is 14.1 Å². The molecule has 0 atom stereocenters. The summed E-state index contributed by atoms with van der Waals surface area (Å²) in [5.74, 6) is 0. The summed E-state index contributed by atoms with van der Waals surface area (Å²) >= 11 is 0. The summed E-state index contributed by atoms with van der Waals surface area (Å²) in [5, 5.41) is 0. The Bertz CT molecular complexity index is 179. The van der Waals surface area contributed by atoms with Crippen molar-refractivity contribution >= 4 is 10.4 Å². The fourth-order valence-corrected chi connectivity index (χ4v) is 0.601. The topological polar surface area (TPSA) is 69.7 Å². The number of hydrogen-bond donors (Lipinski definition) is 0. The number of hydrogen-bond acceptors (Lipinski definition) is 5. The average Bonchev–Trinajstić information content (AvgIpc) is 1.59. The summed E-state index contributed by atoms with van der Waals surface area (Å²) < 4.78 is 33.4. The van der Waals surface area contributed by atoms with E-state index in [2.05, 4.69) is 4.18 Å². The Morgan fingerprint density at radius 3 is 2.18 bits per heavy atom. The Morgan fingerprint density at radius 2 is 1.91 bits per heavy atom. The van der Waals surface area contributed by atoms with Crippen LogP contribution in [0.2, 0.25) is 0 Å². The molecule has 0 aliphatic carbocycles. The smallest absolute Gasteiger partial charge is 0.726 e. The summed E-state index contributed by atoms with van der Waals surface area (Å²) in [6.07, 6.45) is 0. The van der Waals surface area contributed by atoms with Crippen molar-refractivity contribution in [1.29, 1.82) is 0 Å². The van der Waals surface area contributed by atoms with Gasteiger partial charge < -0.3 is 9.45 Å². The van der Waals surface area contributed by atoms with Crippen LogP contribution in [0.15, 0.2) is 0 Å². The zero-order valence-electron chi connectivity index (χ0n) is 6.90. The van der Waals surface area contributed by atoms with E-state index in [1.54, 1.807) is 19.0 Å². The Labute approximate surface area is 89.0 Å². The van der Waals surface area contributed by atoms with Crippen molar-refractivity contribution in [2.24, 2.45) is 0 Å². The Hall–Kier alpha value is 0.830. The molecule has 0 aliphatic heterocycles. The fraction of sp³-hybridized carbons (Fsp3) is 1.00. The van der Waals surface area contributed by atoms with Gasteiger partial charge in [-0.15, -0.1) is 0 Å². The Morgan fingerprint density at radius 1 is 1.45 bits per heavy atom. The minimum atomic E-state index is -4.50. The number of rotatable bonds is 4. The van der Waals surface area contributed by atoms with Crippen molar-refractivity contribution in [3.8, 4) is 0 Å². The molecule has 0 bridgehead atoms. The van der Waals surface area contributed by atoms with Gasteiger partial charge in [0.1, 0.15) is 0 Å². The molecule has 0 radical (unpaired) electrons. The van der Waals surface area contributed by atoms with Crippen LogP contribution in [0, 0.1) is 0 Å². The molecule has 62 valence electrons. The molecule has 0 N–H and O–H groups in total. The van der Waals surface area contributed by atoms with Crippen LogP contribution < -0.4 is 29.6 Å². The SMILES string of the molecule is CN(C)CCOS(=O)(=O)[O-].[Na+]. The van der Waals surface area contributed by atoms with E-state index in [1.165, 1.54) is 0 Å². The van der Waals surface area contributed by atoms with E-state index < -0.39 is 10.4 Å². The molecule has 0 rings (SSSR count). The molecule has 0 fully saturated rings. The predicted octanol–water partition coefficient (Wildman–Crippen LogP) is -3.97. The van der Waals surface area contributed by atoms with E-state index in [-0.39, 0.29) is 36.2 Å². The van der Waals surface area contributed by atoms with Gasteiger partial charge in [0.2, 0.25) is 10.4 Å².